The molecule has 1 aromatic carbocycles. The molecule has 3 atom stereocenters. The lowest BCUT2D eigenvalue weighted by molar-refractivity contribution is 0.0617. The van der Waals surface area contributed by atoms with Crippen LogP contribution < -0.4 is 4.74 Å². The predicted molar refractivity (Wildman–Crippen MR) is 113 cm³/mol. The number of hydrogen-bond donors (Lipinski definition) is 1. The molecule has 150 valence electrons. The Morgan fingerprint density at radius 2 is 2.00 bits per heavy atom. The number of aromatic amines is 1. The first-order valence-electron chi connectivity index (χ1n) is 10.9. The molecule has 2 fully saturated rings. The molecule has 3 unspecified atom stereocenters. The van der Waals surface area contributed by atoms with Crippen molar-refractivity contribution in [2.75, 3.05) is 0 Å². The van der Waals surface area contributed by atoms with E-state index in [-0.39, 0.29) is 6.10 Å². The fourth-order valence-corrected chi connectivity index (χ4v) is 5.58. The van der Waals surface area contributed by atoms with Crippen molar-refractivity contribution in [1.82, 2.24) is 24.1 Å². The van der Waals surface area contributed by atoms with Crippen LogP contribution in [-0.2, 0) is 0 Å². The molecule has 2 aliphatic rings. The summed E-state index contributed by atoms with van der Waals surface area (Å²) in [6, 6.07) is 6.29. The van der Waals surface area contributed by atoms with Gasteiger partial charge in [0.25, 0.3) is 0 Å². The van der Waals surface area contributed by atoms with E-state index in [1.165, 1.54) is 44.1 Å². The van der Waals surface area contributed by atoms with Crippen LogP contribution in [0.3, 0.4) is 0 Å². The van der Waals surface area contributed by atoms with Gasteiger partial charge in [-0.05, 0) is 49.7 Å². The van der Waals surface area contributed by atoms with Crippen LogP contribution in [0.2, 0.25) is 0 Å². The first-order chi connectivity index (χ1) is 14.3. The summed E-state index contributed by atoms with van der Waals surface area (Å²) in [4.78, 5) is 9.21. The molecular weight excluding hydrogens is 362 g/mol. The van der Waals surface area contributed by atoms with Gasteiger partial charge in [-0.2, -0.15) is 0 Å². The van der Waals surface area contributed by atoms with Crippen LogP contribution in [0.5, 0.6) is 5.88 Å². The summed E-state index contributed by atoms with van der Waals surface area (Å²) in [6.45, 7) is 2.10. The van der Waals surface area contributed by atoms with Crippen molar-refractivity contribution in [1.29, 1.82) is 0 Å². The number of imidazole rings is 2. The summed E-state index contributed by atoms with van der Waals surface area (Å²) in [5.74, 6) is 2.56. The van der Waals surface area contributed by atoms with Crippen molar-refractivity contribution >= 4 is 16.7 Å². The third-order valence-electron chi connectivity index (χ3n) is 7.07. The largest absolute Gasteiger partial charge is 0.473 e. The number of aromatic nitrogens is 5. The first-order valence-corrected chi connectivity index (χ1v) is 10.9. The van der Waals surface area contributed by atoms with Crippen LogP contribution >= 0.6 is 0 Å². The van der Waals surface area contributed by atoms with Gasteiger partial charge in [-0.25, -0.2) is 14.5 Å². The van der Waals surface area contributed by atoms with Crippen molar-refractivity contribution in [3.05, 3.63) is 42.5 Å². The molecule has 0 spiro atoms. The Bertz CT molecular complexity index is 1160. The fraction of sp³-hybridized carbons (Fsp3) is 0.478. The third kappa shape index (κ3) is 2.76. The molecule has 29 heavy (non-hydrogen) atoms. The Hall–Kier alpha value is -2.76. The molecule has 4 aromatic rings. The van der Waals surface area contributed by atoms with Gasteiger partial charge in [0.1, 0.15) is 6.10 Å². The summed E-state index contributed by atoms with van der Waals surface area (Å²) in [6.07, 6.45) is 15.1. The van der Waals surface area contributed by atoms with E-state index in [9.17, 15) is 0 Å². The number of H-pyrrole nitrogens is 1. The van der Waals surface area contributed by atoms with E-state index in [4.69, 9.17) is 9.72 Å². The topological polar surface area (TPSA) is 60.1 Å². The van der Waals surface area contributed by atoms with Crippen LogP contribution in [-0.4, -0.2) is 30.3 Å². The van der Waals surface area contributed by atoms with E-state index < -0.39 is 0 Å². The van der Waals surface area contributed by atoms with Gasteiger partial charge in [-0.1, -0.05) is 37.8 Å². The second-order valence-electron chi connectivity index (χ2n) is 8.83. The van der Waals surface area contributed by atoms with E-state index in [1.54, 1.807) is 6.20 Å². The molecule has 1 N–H and O–H groups in total. The molecule has 0 aliphatic heterocycles. The van der Waals surface area contributed by atoms with E-state index in [0.717, 1.165) is 46.5 Å². The van der Waals surface area contributed by atoms with Crippen molar-refractivity contribution in [2.24, 2.45) is 11.8 Å². The van der Waals surface area contributed by atoms with Gasteiger partial charge in [0, 0.05) is 12.4 Å². The Kier molecular flexibility index (Phi) is 3.93. The summed E-state index contributed by atoms with van der Waals surface area (Å²) in [7, 11) is 0. The Labute approximate surface area is 169 Å². The zero-order valence-corrected chi connectivity index (χ0v) is 16.8. The highest BCUT2D eigenvalue weighted by Crippen LogP contribution is 2.42. The minimum atomic E-state index is 0.271. The molecule has 2 saturated carbocycles. The molecule has 3 aromatic heterocycles. The zero-order valence-electron chi connectivity index (χ0n) is 16.8. The number of benzene rings is 1. The maximum absolute atomic E-state index is 6.62. The highest BCUT2D eigenvalue weighted by atomic mass is 16.5. The standard InChI is InChI=1S/C23H27N5O/c1-15-5-4-8-19-20(15)25-22-21(27-12-11-24-14-27)23(26-28(19)22)29-18-10-9-16-6-2-3-7-17(16)13-18/h4-5,8,11-12,14,16-18,26H,2-3,6-7,9-10,13H2,1H3. The first kappa shape index (κ1) is 17.1. The maximum atomic E-state index is 6.62. The highest BCUT2D eigenvalue weighted by molar-refractivity contribution is 5.86. The Balaban J connectivity index is 1.41. The quantitative estimate of drug-likeness (QED) is 0.533. The normalized spacial score (nSPS) is 24.8. The molecule has 0 radical (unpaired) electrons. The number of rotatable bonds is 3. The molecule has 6 heteroatoms. The lowest BCUT2D eigenvalue weighted by Crippen LogP contribution is -2.33. The maximum Gasteiger partial charge on any atom is 0.235 e. The lowest BCUT2D eigenvalue weighted by Gasteiger charge is -2.39. The predicted octanol–water partition coefficient (Wildman–Crippen LogP) is 5.05. The smallest absolute Gasteiger partial charge is 0.235 e. The number of nitrogens with zero attached hydrogens (tertiary/aromatic N) is 4. The highest BCUT2D eigenvalue weighted by Gasteiger charge is 2.34. The van der Waals surface area contributed by atoms with Gasteiger partial charge in [0.2, 0.25) is 5.88 Å². The number of para-hydroxylation sites is 1. The fourth-order valence-electron chi connectivity index (χ4n) is 5.58. The summed E-state index contributed by atoms with van der Waals surface area (Å²) in [5, 5.41) is 3.51. The zero-order chi connectivity index (χ0) is 19.4. The number of fused-ring (bicyclic) bond motifs is 4. The van der Waals surface area contributed by atoms with Crippen molar-refractivity contribution in [3.63, 3.8) is 0 Å². The van der Waals surface area contributed by atoms with Crippen molar-refractivity contribution < 1.29 is 4.74 Å². The average Bonchev–Trinajstić information content (AvgIpc) is 3.45. The van der Waals surface area contributed by atoms with Crippen molar-refractivity contribution in [3.8, 4) is 11.6 Å². The van der Waals surface area contributed by atoms with E-state index in [1.807, 2.05) is 17.1 Å². The van der Waals surface area contributed by atoms with E-state index >= 15 is 0 Å². The number of ether oxygens (including phenoxy) is 1. The molecule has 0 amide bonds. The average molecular weight is 390 g/mol. The minimum Gasteiger partial charge on any atom is -0.473 e. The molecule has 6 nitrogen and oxygen atoms in total. The third-order valence-corrected chi connectivity index (χ3v) is 7.07. The minimum absolute atomic E-state index is 0.271. The van der Waals surface area contributed by atoms with E-state index in [2.05, 4.69) is 39.7 Å². The summed E-state index contributed by atoms with van der Waals surface area (Å²) < 4.78 is 10.7. The Morgan fingerprint density at radius 3 is 2.86 bits per heavy atom. The molecule has 0 saturated heterocycles. The lowest BCUT2D eigenvalue weighted by atomic mass is 9.70. The molecule has 6 rings (SSSR count). The number of hydrogen-bond acceptors (Lipinski definition) is 3. The molecule has 3 heterocycles. The second-order valence-corrected chi connectivity index (χ2v) is 8.83. The van der Waals surface area contributed by atoms with Crippen LogP contribution in [0.1, 0.15) is 50.5 Å². The number of nitrogens with one attached hydrogen (secondary N) is 1. The summed E-state index contributed by atoms with van der Waals surface area (Å²) in [5.41, 5.74) is 5.10. The molecular formula is C23H27N5O. The van der Waals surface area contributed by atoms with Crippen LogP contribution in [0.15, 0.2) is 36.9 Å². The second kappa shape index (κ2) is 6.65. The van der Waals surface area contributed by atoms with Crippen LogP contribution in [0, 0.1) is 18.8 Å². The molecule has 2 aliphatic carbocycles. The van der Waals surface area contributed by atoms with Crippen LogP contribution in [0.4, 0.5) is 0 Å². The Morgan fingerprint density at radius 1 is 1.10 bits per heavy atom. The van der Waals surface area contributed by atoms with Crippen LogP contribution in [0.25, 0.3) is 22.4 Å². The SMILES string of the molecule is Cc1cccc2c1nc1c(-n3ccnc3)c(OC3CCC4CCCCC4C3)[nH]n12. The number of aryl methyl sites for hydroxylation is 1. The van der Waals surface area contributed by atoms with Gasteiger partial charge >= 0.3 is 0 Å². The van der Waals surface area contributed by atoms with Gasteiger partial charge in [0.05, 0.1) is 17.4 Å². The van der Waals surface area contributed by atoms with Crippen molar-refractivity contribution in [2.45, 2.75) is 58.0 Å². The summed E-state index contributed by atoms with van der Waals surface area (Å²) >= 11 is 0. The van der Waals surface area contributed by atoms with Gasteiger partial charge < -0.3 is 4.74 Å². The monoisotopic (exact) mass is 389 g/mol. The van der Waals surface area contributed by atoms with Gasteiger partial charge in [0.15, 0.2) is 11.3 Å². The van der Waals surface area contributed by atoms with E-state index in [0.29, 0.717) is 0 Å². The van der Waals surface area contributed by atoms with Gasteiger partial charge in [-0.15, -0.1) is 0 Å². The van der Waals surface area contributed by atoms with Gasteiger partial charge in [-0.3, -0.25) is 9.67 Å². The molecule has 0 bridgehead atoms.